The molecule has 4 nitrogen and oxygen atoms in total. The molecule has 100 valence electrons. The topological polar surface area (TPSA) is 28.1 Å². The molecule has 4 heteroatoms. The Labute approximate surface area is 106 Å². The minimum atomic E-state index is 0.613. The molecule has 0 aromatic rings. The maximum absolute atomic E-state index is 5.41. The van der Waals surface area contributed by atoms with Gasteiger partial charge >= 0.3 is 0 Å². The fourth-order valence-corrected chi connectivity index (χ4v) is 1.93. The van der Waals surface area contributed by atoms with Crippen molar-refractivity contribution in [3.8, 4) is 0 Å². The zero-order valence-corrected chi connectivity index (χ0v) is 11.8. The molecule has 0 atom stereocenters. The summed E-state index contributed by atoms with van der Waals surface area (Å²) in [4.78, 5) is 9.50. The van der Waals surface area contributed by atoms with Crippen LogP contribution >= 0.6 is 0 Å². The molecule has 0 aromatic carbocycles. The van der Waals surface area contributed by atoms with Crippen molar-refractivity contribution in [2.45, 2.75) is 27.7 Å². The van der Waals surface area contributed by atoms with E-state index < -0.39 is 0 Å². The Morgan fingerprint density at radius 2 is 1.82 bits per heavy atom. The first-order valence-corrected chi connectivity index (χ1v) is 6.81. The van der Waals surface area contributed by atoms with E-state index in [-0.39, 0.29) is 0 Å². The molecular weight excluding hydrogens is 214 g/mol. The fourth-order valence-electron chi connectivity index (χ4n) is 1.93. The Hall–Kier alpha value is -0.770. The lowest BCUT2D eigenvalue weighted by Gasteiger charge is -2.35. The lowest BCUT2D eigenvalue weighted by molar-refractivity contribution is 0.0623. The van der Waals surface area contributed by atoms with Gasteiger partial charge in [0.15, 0.2) is 5.96 Å². The second kappa shape index (κ2) is 7.54. The van der Waals surface area contributed by atoms with Crippen molar-refractivity contribution < 1.29 is 4.74 Å². The van der Waals surface area contributed by atoms with Crippen LogP contribution in [0.25, 0.3) is 0 Å². The summed E-state index contributed by atoms with van der Waals surface area (Å²) < 4.78 is 5.41. The van der Waals surface area contributed by atoms with Crippen molar-refractivity contribution in [2.24, 2.45) is 10.9 Å². The van der Waals surface area contributed by atoms with Crippen molar-refractivity contribution in [1.82, 2.24) is 9.80 Å². The van der Waals surface area contributed by atoms with Crippen molar-refractivity contribution >= 4 is 5.96 Å². The lowest BCUT2D eigenvalue weighted by Crippen LogP contribution is -2.49. The molecular formula is C13H27N3O. The molecule has 0 N–H and O–H groups in total. The SMILES string of the molecule is CCN(CC)C(=NCC(C)C)N1CCOCC1. The predicted octanol–water partition coefficient (Wildman–Crippen LogP) is 1.67. The van der Waals surface area contributed by atoms with Crippen LogP contribution in [-0.2, 0) is 4.74 Å². The summed E-state index contributed by atoms with van der Waals surface area (Å²) in [5.41, 5.74) is 0. The predicted molar refractivity (Wildman–Crippen MR) is 72.5 cm³/mol. The first-order valence-electron chi connectivity index (χ1n) is 6.81. The van der Waals surface area contributed by atoms with Gasteiger partial charge in [-0.25, -0.2) is 0 Å². The van der Waals surface area contributed by atoms with Gasteiger partial charge in [0, 0.05) is 32.7 Å². The van der Waals surface area contributed by atoms with Gasteiger partial charge in [0.2, 0.25) is 0 Å². The van der Waals surface area contributed by atoms with Crippen LogP contribution in [0.5, 0.6) is 0 Å². The average molecular weight is 241 g/mol. The van der Waals surface area contributed by atoms with E-state index >= 15 is 0 Å². The van der Waals surface area contributed by atoms with E-state index in [0.717, 1.165) is 51.9 Å². The van der Waals surface area contributed by atoms with Crippen molar-refractivity contribution in [3.05, 3.63) is 0 Å². The van der Waals surface area contributed by atoms with E-state index in [1.807, 2.05) is 0 Å². The first kappa shape index (κ1) is 14.3. The Bertz CT molecular complexity index is 231. The van der Waals surface area contributed by atoms with Crippen LogP contribution in [0.2, 0.25) is 0 Å². The van der Waals surface area contributed by atoms with Gasteiger partial charge in [0.25, 0.3) is 0 Å². The highest BCUT2D eigenvalue weighted by atomic mass is 16.5. The standard InChI is InChI=1S/C13H27N3O/c1-5-15(6-2)13(14-11-12(3)4)16-7-9-17-10-8-16/h12H,5-11H2,1-4H3. The van der Waals surface area contributed by atoms with E-state index in [1.165, 1.54) is 0 Å². The van der Waals surface area contributed by atoms with Crippen LogP contribution in [0.1, 0.15) is 27.7 Å². The van der Waals surface area contributed by atoms with Gasteiger partial charge in [-0.2, -0.15) is 0 Å². The van der Waals surface area contributed by atoms with Gasteiger partial charge in [-0.1, -0.05) is 13.8 Å². The third-order valence-corrected chi connectivity index (χ3v) is 2.94. The summed E-state index contributed by atoms with van der Waals surface area (Å²) in [7, 11) is 0. The minimum Gasteiger partial charge on any atom is -0.378 e. The fraction of sp³-hybridized carbons (Fsp3) is 0.923. The molecule has 0 aliphatic carbocycles. The summed E-state index contributed by atoms with van der Waals surface area (Å²) >= 11 is 0. The molecule has 0 spiro atoms. The highest BCUT2D eigenvalue weighted by Crippen LogP contribution is 2.05. The van der Waals surface area contributed by atoms with Crippen LogP contribution < -0.4 is 0 Å². The van der Waals surface area contributed by atoms with E-state index in [2.05, 4.69) is 37.5 Å². The maximum atomic E-state index is 5.41. The van der Waals surface area contributed by atoms with E-state index in [0.29, 0.717) is 5.92 Å². The molecule has 1 heterocycles. The average Bonchev–Trinajstić information content (AvgIpc) is 2.35. The normalized spacial score (nSPS) is 17.7. The summed E-state index contributed by atoms with van der Waals surface area (Å²) in [6.07, 6.45) is 0. The van der Waals surface area contributed by atoms with E-state index in [9.17, 15) is 0 Å². The highest BCUT2D eigenvalue weighted by Gasteiger charge is 2.18. The molecule has 1 fully saturated rings. The lowest BCUT2D eigenvalue weighted by atomic mass is 10.2. The number of guanidine groups is 1. The summed E-state index contributed by atoms with van der Waals surface area (Å²) in [5.74, 6) is 1.77. The maximum Gasteiger partial charge on any atom is 0.196 e. The molecule has 1 saturated heterocycles. The molecule has 0 aromatic heterocycles. The van der Waals surface area contributed by atoms with E-state index in [1.54, 1.807) is 0 Å². The molecule has 0 unspecified atom stereocenters. The number of ether oxygens (including phenoxy) is 1. The smallest absolute Gasteiger partial charge is 0.196 e. The monoisotopic (exact) mass is 241 g/mol. The summed E-state index contributed by atoms with van der Waals surface area (Å²) in [5, 5.41) is 0. The molecule has 0 radical (unpaired) electrons. The quantitative estimate of drug-likeness (QED) is 0.553. The van der Waals surface area contributed by atoms with Crippen molar-refractivity contribution in [1.29, 1.82) is 0 Å². The minimum absolute atomic E-state index is 0.613. The van der Waals surface area contributed by atoms with Crippen LogP contribution in [0.4, 0.5) is 0 Å². The largest absolute Gasteiger partial charge is 0.378 e. The first-order chi connectivity index (χ1) is 8.19. The molecule has 1 aliphatic heterocycles. The van der Waals surface area contributed by atoms with Gasteiger partial charge in [-0.15, -0.1) is 0 Å². The zero-order valence-electron chi connectivity index (χ0n) is 11.8. The molecule has 0 bridgehead atoms. The van der Waals surface area contributed by atoms with Gasteiger partial charge in [-0.05, 0) is 19.8 Å². The van der Waals surface area contributed by atoms with E-state index in [4.69, 9.17) is 9.73 Å². The van der Waals surface area contributed by atoms with Crippen molar-refractivity contribution in [2.75, 3.05) is 45.9 Å². The van der Waals surface area contributed by atoms with Gasteiger partial charge in [0.05, 0.1) is 13.2 Å². The highest BCUT2D eigenvalue weighted by molar-refractivity contribution is 5.80. The Balaban J connectivity index is 2.72. The van der Waals surface area contributed by atoms with Crippen molar-refractivity contribution in [3.63, 3.8) is 0 Å². The number of nitrogens with zero attached hydrogens (tertiary/aromatic N) is 3. The number of hydrogen-bond acceptors (Lipinski definition) is 2. The third kappa shape index (κ3) is 4.54. The Morgan fingerprint density at radius 1 is 1.24 bits per heavy atom. The second-order valence-corrected chi connectivity index (χ2v) is 4.81. The van der Waals surface area contributed by atoms with Crippen LogP contribution in [0.3, 0.4) is 0 Å². The molecule has 0 amide bonds. The Morgan fingerprint density at radius 3 is 2.29 bits per heavy atom. The number of hydrogen-bond donors (Lipinski definition) is 0. The van der Waals surface area contributed by atoms with Gasteiger partial charge in [0.1, 0.15) is 0 Å². The van der Waals surface area contributed by atoms with Crippen LogP contribution in [-0.4, -0.2) is 61.7 Å². The Kier molecular flexibility index (Phi) is 6.34. The van der Waals surface area contributed by atoms with Gasteiger partial charge < -0.3 is 14.5 Å². The van der Waals surface area contributed by atoms with Gasteiger partial charge in [-0.3, -0.25) is 4.99 Å². The molecule has 1 aliphatic rings. The number of morpholine rings is 1. The number of rotatable bonds is 4. The zero-order chi connectivity index (χ0) is 12.7. The third-order valence-electron chi connectivity index (χ3n) is 2.94. The molecule has 1 rings (SSSR count). The van der Waals surface area contributed by atoms with Crippen LogP contribution in [0.15, 0.2) is 4.99 Å². The summed E-state index contributed by atoms with van der Waals surface area (Å²) in [6.45, 7) is 15.3. The molecule has 0 saturated carbocycles. The number of aliphatic imine (C=N–C) groups is 1. The summed E-state index contributed by atoms with van der Waals surface area (Å²) in [6, 6.07) is 0. The molecule has 17 heavy (non-hydrogen) atoms. The van der Waals surface area contributed by atoms with Crippen LogP contribution in [0, 0.1) is 5.92 Å². The second-order valence-electron chi connectivity index (χ2n) is 4.81.